The number of hydrogen-bond acceptors (Lipinski definition) is 4. The smallest absolute Gasteiger partial charge is 0.102 e. The molecule has 0 aromatic carbocycles. The second kappa shape index (κ2) is 26.2. The van der Waals surface area contributed by atoms with Crippen molar-refractivity contribution in [2.75, 3.05) is 108 Å². The van der Waals surface area contributed by atoms with Crippen molar-refractivity contribution in [3.05, 3.63) is 0 Å². The fourth-order valence-electron chi connectivity index (χ4n) is 4.76. The van der Waals surface area contributed by atoms with E-state index in [1.807, 2.05) is 0 Å². The van der Waals surface area contributed by atoms with Gasteiger partial charge in [-0.2, -0.15) is 0 Å². The van der Waals surface area contributed by atoms with Crippen LogP contribution in [0.2, 0.25) is 0 Å². The van der Waals surface area contributed by atoms with Crippen LogP contribution in [0.1, 0.15) is 117 Å². The summed E-state index contributed by atoms with van der Waals surface area (Å²) in [5, 5.41) is 0. The molecule has 0 aliphatic rings. The highest BCUT2D eigenvalue weighted by molar-refractivity contribution is 4.79. The van der Waals surface area contributed by atoms with Crippen LogP contribution in [-0.2, 0) is 18.9 Å². The van der Waals surface area contributed by atoms with Gasteiger partial charge in [0.2, 0.25) is 0 Å². The number of hydrogen-bond donors (Lipinski definition) is 0. The first-order valence-corrected chi connectivity index (χ1v) is 17.5. The summed E-state index contributed by atoms with van der Waals surface area (Å²) in [7, 11) is 13.3. The third kappa shape index (κ3) is 29.6. The number of likely N-dealkylation sites (N-methyl/N-ethyl adjacent to an activating group) is 2. The monoisotopic (exact) mass is 589 g/mol. The molecule has 0 aromatic heterocycles. The third-order valence-electron chi connectivity index (χ3n) is 7.73. The van der Waals surface area contributed by atoms with E-state index in [0.29, 0.717) is 26.4 Å². The molecule has 0 fully saturated rings. The van der Waals surface area contributed by atoms with Gasteiger partial charge in [0.15, 0.2) is 0 Å². The van der Waals surface area contributed by atoms with Gasteiger partial charge in [-0.15, -0.1) is 0 Å². The van der Waals surface area contributed by atoms with Gasteiger partial charge in [-0.25, -0.2) is 0 Å². The Balaban J connectivity index is 4.85. The summed E-state index contributed by atoms with van der Waals surface area (Å²) < 4.78 is 27.1. The summed E-state index contributed by atoms with van der Waals surface area (Å²) in [5.74, 6) is 0. The third-order valence-corrected chi connectivity index (χ3v) is 7.73. The molecule has 0 saturated carbocycles. The predicted octanol–water partition coefficient (Wildman–Crippen LogP) is 7.73. The molecule has 41 heavy (non-hydrogen) atoms. The maximum atomic E-state index is 6.33. The number of ether oxygens (including phenoxy) is 4. The highest BCUT2D eigenvalue weighted by Crippen LogP contribution is 2.22. The molecule has 0 saturated heterocycles. The van der Waals surface area contributed by atoms with E-state index in [1.54, 1.807) is 0 Å². The van der Waals surface area contributed by atoms with Crippen LogP contribution in [0, 0.1) is 5.41 Å². The summed E-state index contributed by atoms with van der Waals surface area (Å²) in [6.07, 6.45) is 21.1. The normalized spacial score (nSPS) is 12.9. The van der Waals surface area contributed by atoms with Gasteiger partial charge < -0.3 is 27.9 Å². The summed E-state index contributed by atoms with van der Waals surface area (Å²) in [4.78, 5) is 0. The molecule has 0 amide bonds. The van der Waals surface area contributed by atoms with Crippen molar-refractivity contribution in [2.45, 2.75) is 117 Å². The SMILES string of the molecule is CCCCCCCCCCOCC(COCCCCCCCCCC)(COCC[N+](C)(C)C)COCC[N+](C)(C)C. The fourth-order valence-corrected chi connectivity index (χ4v) is 4.76. The van der Waals surface area contributed by atoms with Crippen molar-refractivity contribution in [1.82, 2.24) is 0 Å². The van der Waals surface area contributed by atoms with E-state index >= 15 is 0 Å². The summed E-state index contributed by atoms with van der Waals surface area (Å²) in [5.41, 5.74) is -0.268. The molecule has 6 heteroatoms. The van der Waals surface area contributed by atoms with Gasteiger partial charge in [-0.3, -0.25) is 0 Å². The molecule has 0 heterocycles. The molecule has 0 atom stereocenters. The standard InChI is InChI=1S/C35H76N2O4/c1-9-11-13-15-17-19-21-23-27-38-31-35(33-40-29-25-36(3,4)5,34-41-30-26-37(6,7)8)32-39-28-24-22-20-18-16-14-12-10-2/h9-34H2,1-8H3/q+2. The first kappa shape index (κ1) is 40.8. The molecule has 0 radical (unpaired) electrons. The fraction of sp³-hybridized carbons (Fsp3) is 1.00. The first-order chi connectivity index (χ1) is 19.5. The highest BCUT2D eigenvalue weighted by atomic mass is 16.5. The van der Waals surface area contributed by atoms with E-state index in [4.69, 9.17) is 18.9 Å². The van der Waals surface area contributed by atoms with Crippen molar-refractivity contribution in [3.8, 4) is 0 Å². The molecule has 0 spiro atoms. The van der Waals surface area contributed by atoms with Crippen molar-refractivity contribution >= 4 is 0 Å². The van der Waals surface area contributed by atoms with Gasteiger partial charge in [0.1, 0.15) is 13.1 Å². The van der Waals surface area contributed by atoms with Gasteiger partial charge >= 0.3 is 0 Å². The minimum atomic E-state index is -0.268. The molecule has 0 unspecified atom stereocenters. The maximum absolute atomic E-state index is 6.33. The Labute approximate surface area is 258 Å². The lowest BCUT2D eigenvalue weighted by Gasteiger charge is -2.34. The van der Waals surface area contributed by atoms with Crippen LogP contribution in [0.3, 0.4) is 0 Å². The molecule has 0 aromatic rings. The molecule has 6 nitrogen and oxygen atoms in total. The van der Waals surface area contributed by atoms with Gasteiger partial charge in [0.25, 0.3) is 0 Å². The molecule has 248 valence electrons. The summed E-state index contributed by atoms with van der Waals surface area (Å²) >= 11 is 0. The Bertz CT molecular complexity index is 497. The van der Waals surface area contributed by atoms with Crippen LogP contribution >= 0.6 is 0 Å². The van der Waals surface area contributed by atoms with Gasteiger partial charge in [-0.1, -0.05) is 104 Å². The molecular formula is C35H76N2O4+2. The molecule has 0 aliphatic carbocycles. The highest BCUT2D eigenvalue weighted by Gasteiger charge is 2.33. The number of quaternary nitrogens is 2. The molecule has 0 rings (SSSR count). The lowest BCUT2D eigenvalue weighted by molar-refractivity contribution is -0.870. The van der Waals surface area contributed by atoms with Crippen molar-refractivity contribution in [2.24, 2.45) is 5.41 Å². The molecule has 0 aliphatic heterocycles. The van der Waals surface area contributed by atoms with Crippen LogP contribution in [-0.4, -0.2) is 117 Å². The number of unbranched alkanes of at least 4 members (excludes halogenated alkanes) is 14. The minimum Gasteiger partial charge on any atom is -0.381 e. The average molecular weight is 589 g/mol. The van der Waals surface area contributed by atoms with Crippen LogP contribution < -0.4 is 0 Å². The Kier molecular flexibility index (Phi) is 26.0. The Morgan fingerprint density at radius 3 is 0.927 bits per heavy atom. The first-order valence-electron chi connectivity index (χ1n) is 17.5. The van der Waals surface area contributed by atoms with Gasteiger partial charge in [0.05, 0.1) is 87.3 Å². The zero-order valence-corrected chi connectivity index (χ0v) is 29.4. The van der Waals surface area contributed by atoms with E-state index in [9.17, 15) is 0 Å². The van der Waals surface area contributed by atoms with E-state index in [-0.39, 0.29) is 5.41 Å². The topological polar surface area (TPSA) is 36.9 Å². The Morgan fingerprint density at radius 2 is 0.634 bits per heavy atom. The largest absolute Gasteiger partial charge is 0.381 e. The Morgan fingerprint density at radius 1 is 0.366 bits per heavy atom. The quantitative estimate of drug-likeness (QED) is 0.0595. The van der Waals surface area contributed by atoms with Gasteiger partial charge in [-0.05, 0) is 12.8 Å². The lowest BCUT2D eigenvalue weighted by atomic mass is 9.92. The maximum Gasteiger partial charge on any atom is 0.102 e. The predicted molar refractivity (Wildman–Crippen MR) is 177 cm³/mol. The number of rotatable bonds is 32. The zero-order chi connectivity index (χ0) is 30.7. The van der Waals surface area contributed by atoms with Crippen molar-refractivity contribution in [3.63, 3.8) is 0 Å². The van der Waals surface area contributed by atoms with Crippen LogP contribution in [0.5, 0.6) is 0 Å². The molecule has 0 N–H and O–H groups in total. The van der Waals surface area contributed by atoms with E-state index in [1.165, 1.54) is 89.9 Å². The number of nitrogens with zero attached hydrogens (tertiary/aromatic N) is 2. The van der Waals surface area contributed by atoms with Crippen LogP contribution in [0.15, 0.2) is 0 Å². The van der Waals surface area contributed by atoms with E-state index in [0.717, 1.165) is 61.3 Å². The van der Waals surface area contributed by atoms with Gasteiger partial charge in [0, 0.05) is 13.2 Å². The lowest BCUT2D eigenvalue weighted by Crippen LogP contribution is -2.44. The zero-order valence-electron chi connectivity index (χ0n) is 29.4. The Hall–Kier alpha value is -0.240. The van der Waals surface area contributed by atoms with Crippen LogP contribution in [0.4, 0.5) is 0 Å². The van der Waals surface area contributed by atoms with Crippen molar-refractivity contribution in [1.29, 1.82) is 0 Å². The average Bonchev–Trinajstić information content (AvgIpc) is 2.90. The minimum absolute atomic E-state index is 0.268. The summed E-state index contributed by atoms with van der Waals surface area (Å²) in [6, 6.07) is 0. The van der Waals surface area contributed by atoms with E-state index < -0.39 is 0 Å². The summed E-state index contributed by atoms with van der Waals surface area (Å²) in [6.45, 7) is 12.1. The second-order valence-electron chi connectivity index (χ2n) is 14.7. The second-order valence-corrected chi connectivity index (χ2v) is 14.7. The van der Waals surface area contributed by atoms with Crippen molar-refractivity contribution < 1.29 is 27.9 Å². The molecule has 0 bridgehead atoms. The van der Waals surface area contributed by atoms with E-state index in [2.05, 4.69) is 56.1 Å². The molecular weight excluding hydrogens is 512 g/mol. The van der Waals surface area contributed by atoms with Crippen LogP contribution in [0.25, 0.3) is 0 Å².